The maximum atomic E-state index is 14.2. The molecule has 0 bridgehead atoms. The Kier molecular flexibility index (Phi) is 5.21. The third-order valence-corrected chi connectivity index (χ3v) is 3.44. The first kappa shape index (κ1) is 19.6. The van der Waals surface area contributed by atoms with Gasteiger partial charge >= 0.3 is 18.2 Å². The number of hydrogen-bond donors (Lipinski definition) is 0. The van der Waals surface area contributed by atoms with E-state index in [1.54, 1.807) is 0 Å². The van der Waals surface area contributed by atoms with Crippen LogP contribution in [0.2, 0.25) is 5.02 Å². The van der Waals surface area contributed by atoms with Crippen molar-refractivity contribution < 1.29 is 36.2 Å². The summed E-state index contributed by atoms with van der Waals surface area (Å²) in [6, 6.07) is 0.243. The zero-order chi connectivity index (χ0) is 19.8. The van der Waals surface area contributed by atoms with Crippen molar-refractivity contribution in [2.45, 2.75) is 6.18 Å². The number of halogens is 6. The van der Waals surface area contributed by atoms with Crippen LogP contribution in [0.15, 0.2) is 16.9 Å². The fourth-order valence-corrected chi connectivity index (χ4v) is 2.22. The standard InChI is InChI=1S/C14H8ClF5N2O4/c1-25-12(24)5-3-8(7(16)4-6(5)15)22-11(23)9(17)10(14(18,19)20)21-13(22)26-2/h3-4H,1-2H3. The average Bonchev–Trinajstić information content (AvgIpc) is 2.56. The molecule has 0 aliphatic heterocycles. The van der Waals surface area contributed by atoms with Crippen molar-refractivity contribution in [3.8, 4) is 11.7 Å². The van der Waals surface area contributed by atoms with E-state index < -0.39 is 57.3 Å². The summed E-state index contributed by atoms with van der Waals surface area (Å²) in [6.45, 7) is 0. The molecule has 0 aliphatic carbocycles. The number of hydrogen-bond acceptors (Lipinski definition) is 5. The summed E-state index contributed by atoms with van der Waals surface area (Å²) in [7, 11) is 1.83. The lowest BCUT2D eigenvalue weighted by atomic mass is 10.2. The van der Waals surface area contributed by atoms with Gasteiger partial charge in [0.2, 0.25) is 5.82 Å². The van der Waals surface area contributed by atoms with Crippen molar-refractivity contribution in [1.29, 1.82) is 0 Å². The Labute approximate surface area is 146 Å². The van der Waals surface area contributed by atoms with Gasteiger partial charge in [0.15, 0.2) is 5.69 Å². The van der Waals surface area contributed by atoms with E-state index in [0.29, 0.717) is 12.1 Å². The van der Waals surface area contributed by atoms with Crippen molar-refractivity contribution in [2.24, 2.45) is 0 Å². The maximum absolute atomic E-state index is 14.2. The number of methoxy groups -OCH3 is 2. The molecule has 2 aromatic rings. The number of aromatic nitrogens is 2. The van der Waals surface area contributed by atoms with Crippen molar-refractivity contribution in [2.75, 3.05) is 14.2 Å². The predicted molar refractivity (Wildman–Crippen MR) is 77.7 cm³/mol. The van der Waals surface area contributed by atoms with Crippen LogP contribution in [-0.2, 0) is 10.9 Å². The van der Waals surface area contributed by atoms with E-state index in [0.717, 1.165) is 14.2 Å². The number of ether oxygens (including phenoxy) is 2. The number of esters is 1. The summed E-state index contributed by atoms with van der Waals surface area (Å²) in [5, 5.41) is -0.398. The van der Waals surface area contributed by atoms with Gasteiger partial charge in [0.1, 0.15) is 5.82 Å². The highest BCUT2D eigenvalue weighted by Crippen LogP contribution is 2.31. The molecule has 140 valence electrons. The van der Waals surface area contributed by atoms with Gasteiger partial charge in [-0.15, -0.1) is 0 Å². The minimum Gasteiger partial charge on any atom is -0.468 e. The molecular weight excluding hydrogens is 391 g/mol. The highest BCUT2D eigenvalue weighted by molar-refractivity contribution is 6.33. The molecule has 0 saturated heterocycles. The van der Waals surface area contributed by atoms with Crippen molar-refractivity contribution in [3.05, 3.63) is 50.4 Å². The fraction of sp³-hybridized carbons (Fsp3) is 0.214. The minimum absolute atomic E-state index is 0.0999. The van der Waals surface area contributed by atoms with E-state index >= 15 is 0 Å². The first-order chi connectivity index (χ1) is 12.0. The molecule has 2 rings (SSSR count). The lowest BCUT2D eigenvalue weighted by Gasteiger charge is -2.15. The molecule has 1 aromatic carbocycles. The first-order valence-corrected chi connectivity index (χ1v) is 6.92. The zero-order valence-corrected chi connectivity index (χ0v) is 13.7. The van der Waals surface area contributed by atoms with Gasteiger partial charge in [-0.05, 0) is 12.1 Å². The predicted octanol–water partition coefficient (Wildman–Crippen LogP) is 2.98. The minimum atomic E-state index is -5.29. The lowest BCUT2D eigenvalue weighted by molar-refractivity contribution is -0.144. The lowest BCUT2D eigenvalue weighted by Crippen LogP contribution is -2.30. The van der Waals surface area contributed by atoms with Gasteiger partial charge in [0.25, 0.3) is 5.56 Å². The molecule has 1 aromatic heterocycles. The summed E-state index contributed by atoms with van der Waals surface area (Å²) in [5.74, 6) is -4.54. The van der Waals surface area contributed by atoms with E-state index in [9.17, 15) is 31.5 Å². The Morgan fingerprint density at radius 1 is 1.23 bits per heavy atom. The molecule has 0 spiro atoms. The van der Waals surface area contributed by atoms with Crippen LogP contribution < -0.4 is 10.3 Å². The molecule has 0 atom stereocenters. The van der Waals surface area contributed by atoms with E-state index in [4.69, 9.17) is 11.6 Å². The smallest absolute Gasteiger partial charge is 0.436 e. The van der Waals surface area contributed by atoms with E-state index in [2.05, 4.69) is 14.5 Å². The van der Waals surface area contributed by atoms with Crippen molar-refractivity contribution in [3.63, 3.8) is 0 Å². The van der Waals surface area contributed by atoms with Gasteiger partial charge in [0.05, 0.1) is 30.5 Å². The fourth-order valence-electron chi connectivity index (χ4n) is 1.99. The quantitative estimate of drug-likeness (QED) is 0.587. The van der Waals surface area contributed by atoms with Gasteiger partial charge < -0.3 is 9.47 Å². The van der Waals surface area contributed by atoms with Crippen LogP contribution in [-0.4, -0.2) is 29.7 Å². The molecule has 0 radical (unpaired) electrons. The topological polar surface area (TPSA) is 70.4 Å². The summed E-state index contributed by atoms with van der Waals surface area (Å²) in [4.78, 5) is 26.6. The number of nitrogens with zero attached hydrogens (tertiary/aromatic N) is 2. The third-order valence-electron chi connectivity index (χ3n) is 3.13. The number of carbonyl (C=O) groups is 1. The summed E-state index contributed by atoms with van der Waals surface area (Å²) >= 11 is 5.69. The number of carbonyl (C=O) groups excluding carboxylic acids is 1. The van der Waals surface area contributed by atoms with Crippen LogP contribution >= 0.6 is 11.6 Å². The number of rotatable bonds is 3. The second kappa shape index (κ2) is 6.90. The highest BCUT2D eigenvalue weighted by atomic mass is 35.5. The third kappa shape index (κ3) is 3.34. The SMILES string of the molecule is COC(=O)c1cc(-n2c(OC)nc(C(F)(F)F)c(F)c2=O)c(F)cc1Cl. The molecular formula is C14H8ClF5N2O4. The van der Waals surface area contributed by atoms with Crippen LogP contribution in [0, 0.1) is 11.6 Å². The van der Waals surface area contributed by atoms with Crippen LogP contribution in [0.25, 0.3) is 5.69 Å². The van der Waals surface area contributed by atoms with Gasteiger partial charge in [0, 0.05) is 0 Å². The van der Waals surface area contributed by atoms with Gasteiger partial charge in [-0.1, -0.05) is 11.6 Å². The van der Waals surface area contributed by atoms with E-state index in [1.165, 1.54) is 0 Å². The highest BCUT2D eigenvalue weighted by Gasteiger charge is 2.39. The summed E-state index contributed by atoms with van der Waals surface area (Å²) in [6.07, 6.45) is -5.29. The molecule has 0 amide bonds. The molecule has 26 heavy (non-hydrogen) atoms. The normalized spacial score (nSPS) is 11.4. The Bertz CT molecular complexity index is 942. The molecule has 0 aliphatic rings. The maximum Gasteiger partial charge on any atom is 0.436 e. The molecule has 6 nitrogen and oxygen atoms in total. The average molecular weight is 399 g/mol. The Hall–Kier alpha value is -2.69. The second-order valence-corrected chi connectivity index (χ2v) is 5.08. The van der Waals surface area contributed by atoms with E-state index in [1.807, 2.05) is 0 Å². The second-order valence-electron chi connectivity index (χ2n) is 4.67. The molecule has 12 heteroatoms. The Morgan fingerprint density at radius 3 is 2.35 bits per heavy atom. The first-order valence-electron chi connectivity index (χ1n) is 6.54. The van der Waals surface area contributed by atoms with Crippen LogP contribution in [0.5, 0.6) is 6.01 Å². The zero-order valence-electron chi connectivity index (χ0n) is 12.9. The van der Waals surface area contributed by atoms with Gasteiger partial charge in [-0.25, -0.2) is 13.8 Å². The van der Waals surface area contributed by atoms with Crippen molar-refractivity contribution >= 4 is 17.6 Å². The molecule has 0 fully saturated rings. The number of benzene rings is 1. The summed E-state index contributed by atoms with van der Waals surface area (Å²) in [5.41, 5.74) is -5.24. The monoisotopic (exact) mass is 398 g/mol. The molecule has 0 unspecified atom stereocenters. The van der Waals surface area contributed by atoms with Crippen LogP contribution in [0.3, 0.4) is 0 Å². The molecule has 0 saturated carbocycles. The molecule has 0 N–H and O–H groups in total. The van der Waals surface area contributed by atoms with Gasteiger partial charge in [-0.3, -0.25) is 4.79 Å². The van der Waals surface area contributed by atoms with Crippen LogP contribution in [0.1, 0.15) is 16.1 Å². The Morgan fingerprint density at radius 2 is 1.85 bits per heavy atom. The van der Waals surface area contributed by atoms with E-state index in [-0.39, 0.29) is 4.57 Å². The van der Waals surface area contributed by atoms with Gasteiger partial charge in [-0.2, -0.15) is 22.5 Å². The summed E-state index contributed by atoms with van der Waals surface area (Å²) < 4.78 is 75.5. The Balaban J connectivity index is 2.87. The number of alkyl halides is 3. The van der Waals surface area contributed by atoms with Crippen LogP contribution in [0.4, 0.5) is 22.0 Å². The molecule has 1 heterocycles. The van der Waals surface area contributed by atoms with Crippen molar-refractivity contribution in [1.82, 2.24) is 9.55 Å². The largest absolute Gasteiger partial charge is 0.468 e.